The Morgan fingerprint density at radius 2 is 1.77 bits per heavy atom. The Labute approximate surface area is 242 Å². The van der Waals surface area contributed by atoms with Crippen molar-refractivity contribution in [3.63, 3.8) is 0 Å². The number of carbonyl (C=O) groups is 2. The number of piperidine rings is 1. The molecule has 0 aromatic heterocycles. The fraction of sp³-hybridized carbons (Fsp3) is 0.310. The molecule has 1 atom stereocenters. The van der Waals surface area contributed by atoms with Crippen molar-refractivity contribution in [2.45, 2.75) is 31.8 Å². The summed E-state index contributed by atoms with van der Waals surface area (Å²) in [6.45, 7) is 3.61. The predicted octanol–water partition coefficient (Wildman–Crippen LogP) is 4.48. The maximum Gasteiger partial charge on any atom is 0.309 e. The summed E-state index contributed by atoms with van der Waals surface area (Å²) >= 11 is 8.85. The van der Waals surface area contributed by atoms with Crippen LogP contribution in [0.2, 0.25) is 0 Å². The van der Waals surface area contributed by atoms with Crippen LogP contribution < -0.4 is 16.0 Å². The van der Waals surface area contributed by atoms with Crippen LogP contribution in [-0.4, -0.2) is 53.4 Å². The van der Waals surface area contributed by atoms with E-state index in [0.717, 1.165) is 28.6 Å². The number of thiocarbonyl (C=S) groups is 1. The van der Waals surface area contributed by atoms with E-state index >= 15 is 0 Å². The molecule has 0 spiro atoms. The van der Waals surface area contributed by atoms with E-state index in [4.69, 9.17) is 27.8 Å². The zero-order chi connectivity index (χ0) is 27.8. The van der Waals surface area contributed by atoms with E-state index < -0.39 is 6.04 Å². The Kier molecular flexibility index (Phi) is 9.89. The molecule has 3 N–H and O–H groups in total. The summed E-state index contributed by atoms with van der Waals surface area (Å²) in [6, 6.07) is 15.8. The maximum atomic E-state index is 13.7. The van der Waals surface area contributed by atoms with Crippen molar-refractivity contribution in [3.8, 4) is 0 Å². The van der Waals surface area contributed by atoms with E-state index in [1.165, 1.54) is 0 Å². The lowest BCUT2D eigenvalue weighted by Crippen LogP contribution is -2.48. The zero-order valence-corrected chi connectivity index (χ0v) is 24.1. The number of nitrogens with two attached hydrogens (primary N) is 1. The van der Waals surface area contributed by atoms with Gasteiger partial charge in [-0.2, -0.15) is 5.10 Å². The maximum absolute atomic E-state index is 13.7. The van der Waals surface area contributed by atoms with E-state index in [0.29, 0.717) is 25.4 Å². The van der Waals surface area contributed by atoms with Crippen LogP contribution in [0.4, 0.5) is 5.69 Å². The molecule has 1 amide bonds. The van der Waals surface area contributed by atoms with Crippen LogP contribution in [0.25, 0.3) is 0 Å². The number of nitrogens with one attached hydrogen (secondary N) is 1. The van der Waals surface area contributed by atoms with Crippen LogP contribution in [0.5, 0.6) is 0 Å². The van der Waals surface area contributed by atoms with E-state index in [1.807, 2.05) is 90.8 Å². The standard InChI is InChI=1S/C29H32BrN5O3S/c1-2-38-28(37)21-16-18-34(19-17-21)33-24-12-10-23(11-13-24)32-27(36)26(20-6-4-3-5-7-20)35(29(31)39)25-14-8-22(30)9-15-25/h3-15,21,23,26H,2,16-19H2,1H3,(H2,31,39)(H,32,36). The third-order valence-corrected chi connectivity index (χ3v) is 7.30. The summed E-state index contributed by atoms with van der Waals surface area (Å²) in [7, 11) is 0. The van der Waals surface area contributed by atoms with Crippen molar-refractivity contribution >= 4 is 56.5 Å². The number of esters is 1. The number of halogens is 1. The van der Waals surface area contributed by atoms with Gasteiger partial charge < -0.3 is 20.7 Å². The Bertz CT molecular complexity index is 1240. The van der Waals surface area contributed by atoms with Crippen LogP contribution in [0, 0.1) is 5.92 Å². The van der Waals surface area contributed by atoms with Gasteiger partial charge in [-0.1, -0.05) is 58.4 Å². The average molecular weight is 611 g/mol. The summed E-state index contributed by atoms with van der Waals surface area (Å²) in [5.41, 5.74) is 8.42. The van der Waals surface area contributed by atoms with Crippen LogP contribution in [0.1, 0.15) is 31.4 Å². The SMILES string of the molecule is CCOC(=O)C1CCN(N=C2C=CC(NC(=O)C(c3ccccc3)N(C(N)=S)c3ccc(Br)cc3)C=C2)CC1. The van der Waals surface area contributed by atoms with Gasteiger partial charge in [0.25, 0.3) is 0 Å². The highest BCUT2D eigenvalue weighted by Crippen LogP contribution is 2.29. The average Bonchev–Trinajstić information content (AvgIpc) is 2.94. The third kappa shape index (κ3) is 7.54. The minimum atomic E-state index is -0.762. The molecule has 4 rings (SSSR count). The van der Waals surface area contributed by atoms with Gasteiger partial charge in [-0.25, -0.2) is 0 Å². The van der Waals surface area contributed by atoms with Gasteiger partial charge >= 0.3 is 5.97 Å². The van der Waals surface area contributed by atoms with Crippen LogP contribution in [-0.2, 0) is 14.3 Å². The van der Waals surface area contributed by atoms with Crippen LogP contribution in [0.3, 0.4) is 0 Å². The van der Waals surface area contributed by atoms with Gasteiger partial charge in [0.15, 0.2) is 5.11 Å². The van der Waals surface area contributed by atoms with Gasteiger partial charge in [0, 0.05) is 23.2 Å². The monoisotopic (exact) mass is 609 g/mol. The fourth-order valence-electron chi connectivity index (χ4n) is 4.61. The van der Waals surface area contributed by atoms with Crippen molar-refractivity contribution in [1.29, 1.82) is 0 Å². The highest BCUT2D eigenvalue weighted by molar-refractivity contribution is 9.10. The summed E-state index contributed by atoms with van der Waals surface area (Å²) < 4.78 is 6.05. The Balaban J connectivity index is 1.44. The number of allylic oxidation sites excluding steroid dienone is 2. The quantitative estimate of drug-likeness (QED) is 0.336. The second-order valence-corrected chi connectivity index (χ2v) is 10.6. The lowest BCUT2D eigenvalue weighted by atomic mass is 9.98. The minimum Gasteiger partial charge on any atom is -0.466 e. The van der Waals surface area contributed by atoms with Gasteiger partial charge in [0.1, 0.15) is 6.04 Å². The van der Waals surface area contributed by atoms with Crippen molar-refractivity contribution in [1.82, 2.24) is 10.3 Å². The summed E-state index contributed by atoms with van der Waals surface area (Å²) in [5, 5.41) is 9.85. The predicted molar refractivity (Wildman–Crippen MR) is 161 cm³/mol. The molecule has 8 nitrogen and oxygen atoms in total. The molecule has 39 heavy (non-hydrogen) atoms. The molecule has 0 radical (unpaired) electrons. The minimum absolute atomic E-state index is 0.0608. The number of hydrazone groups is 1. The summed E-state index contributed by atoms with van der Waals surface area (Å²) in [5.74, 6) is -0.421. The van der Waals surface area contributed by atoms with Crippen molar-refractivity contribution in [2.75, 3.05) is 24.6 Å². The number of ether oxygens (including phenoxy) is 1. The Hall–Kier alpha value is -3.50. The first kappa shape index (κ1) is 28.5. The molecule has 1 unspecified atom stereocenters. The molecule has 0 saturated carbocycles. The summed E-state index contributed by atoms with van der Waals surface area (Å²) in [6.07, 6.45) is 9.02. The first-order valence-corrected chi connectivity index (χ1v) is 14.1. The second kappa shape index (κ2) is 13.5. The topological polar surface area (TPSA) is 100 Å². The lowest BCUT2D eigenvalue weighted by Gasteiger charge is -2.32. The first-order valence-electron chi connectivity index (χ1n) is 12.9. The van der Waals surface area contributed by atoms with Crippen molar-refractivity contribution in [2.24, 2.45) is 16.8 Å². The molecule has 0 bridgehead atoms. The number of rotatable bonds is 8. The van der Waals surface area contributed by atoms with E-state index in [2.05, 4.69) is 21.2 Å². The fourth-order valence-corrected chi connectivity index (χ4v) is 5.09. The van der Waals surface area contributed by atoms with Crippen molar-refractivity contribution < 1.29 is 14.3 Å². The highest BCUT2D eigenvalue weighted by Gasteiger charge is 2.31. The van der Waals surface area contributed by atoms with E-state index in [1.54, 1.807) is 4.90 Å². The van der Waals surface area contributed by atoms with Gasteiger partial charge in [-0.3, -0.25) is 14.6 Å². The number of hydrogen-bond acceptors (Lipinski definition) is 6. The number of hydrogen-bond donors (Lipinski definition) is 2. The van der Waals surface area contributed by atoms with Crippen molar-refractivity contribution in [3.05, 3.63) is 88.9 Å². The molecule has 10 heteroatoms. The summed E-state index contributed by atoms with van der Waals surface area (Å²) in [4.78, 5) is 27.3. The normalized spacial score (nSPS) is 17.8. The molecular formula is C29H32BrN5O3S. The molecule has 2 aromatic rings. The number of anilines is 1. The van der Waals surface area contributed by atoms with E-state index in [9.17, 15) is 9.59 Å². The largest absolute Gasteiger partial charge is 0.466 e. The number of amides is 1. The molecule has 2 aromatic carbocycles. The van der Waals surface area contributed by atoms with Gasteiger partial charge in [0.2, 0.25) is 5.91 Å². The van der Waals surface area contributed by atoms with Gasteiger partial charge in [0.05, 0.1) is 24.3 Å². The molecule has 1 saturated heterocycles. The Morgan fingerprint density at radius 3 is 2.36 bits per heavy atom. The highest BCUT2D eigenvalue weighted by atomic mass is 79.9. The number of carbonyl (C=O) groups excluding carboxylic acids is 2. The molecule has 2 aliphatic rings. The number of benzene rings is 2. The first-order chi connectivity index (χ1) is 18.9. The molecule has 1 heterocycles. The zero-order valence-electron chi connectivity index (χ0n) is 21.7. The third-order valence-electron chi connectivity index (χ3n) is 6.57. The molecule has 1 fully saturated rings. The molecule has 1 aliphatic heterocycles. The second-order valence-electron chi connectivity index (χ2n) is 9.26. The van der Waals surface area contributed by atoms with Crippen LogP contribution in [0.15, 0.2) is 88.5 Å². The lowest BCUT2D eigenvalue weighted by molar-refractivity contribution is -0.149. The smallest absolute Gasteiger partial charge is 0.309 e. The molecule has 1 aliphatic carbocycles. The van der Waals surface area contributed by atoms with E-state index in [-0.39, 0.29) is 28.9 Å². The molecular weight excluding hydrogens is 578 g/mol. The number of nitrogens with zero attached hydrogens (tertiary/aromatic N) is 3. The van der Waals surface area contributed by atoms with Gasteiger partial charge in [-0.15, -0.1) is 0 Å². The Morgan fingerprint density at radius 1 is 1.13 bits per heavy atom. The van der Waals surface area contributed by atoms with Gasteiger partial charge in [-0.05, 0) is 74.0 Å². The van der Waals surface area contributed by atoms with Crippen LogP contribution >= 0.6 is 28.1 Å². The molecule has 204 valence electrons.